The van der Waals surface area contributed by atoms with Crippen molar-refractivity contribution in [2.45, 2.75) is 219 Å². The van der Waals surface area contributed by atoms with Gasteiger partial charge in [0.2, 0.25) is 5.78 Å². The Labute approximate surface area is 562 Å². The molecule has 6 saturated carbocycles. The summed E-state index contributed by atoms with van der Waals surface area (Å²) < 4.78 is 15.3. The van der Waals surface area contributed by atoms with Crippen LogP contribution in [0.4, 0.5) is 5.82 Å². The van der Waals surface area contributed by atoms with Crippen molar-refractivity contribution in [3.63, 3.8) is 0 Å². The smallest absolute Gasteiger partial charge is 0.261 e. The van der Waals surface area contributed by atoms with Crippen LogP contribution in [0.1, 0.15) is 236 Å². The van der Waals surface area contributed by atoms with Gasteiger partial charge < -0.3 is 66.4 Å². The highest BCUT2D eigenvalue weighted by molar-refractivity contribution is 6.34. The van der Waals surface area contributed by atoms with Gasteiger partial charge in [0, 0.05) is 75.3 Å². The van der Waals surface area contributed by atoms with Crippen LogP contribution in [0, 0.1) is 40.4 Å². The predicted molar refractivity (Wildman–Crippen MR) is 359 cm³/mol. The van der Waals surface area contributed by atoms with Gasteiger partial charge in [0.25, 0.3) is 5.79 Å². The number of ketones is 3. The second kappa shape index (κ2) is 20.0. The Balaban J connectivity index is 0.848. The summed E-state index contributed by atoms with van der Waals surface area (Å²) in [5, 5.41) is 88.7. The first kappa shape index (κ1) is 59.7. The number of nitrogens with two attached hydrogens (primary N) is 1. The van der Waals surface area contributed by atoms with Crippen molar-refractivity contribution in [3.8, 4) is 11.5 Å². The fourth-order valence-electron chi connectivity index (χ4n) is 24.7. The topological polar surface area (TPSA) is 298 Å². The molecular weight excluding hydrogens is 1220 g/mol. The third-order valence-corrected chi connectivity index (χ3v) is 28.7. The summed E-state index contributed by atoms with van der Waals surface area (Å²) >= 11 is 0. The lowest BCUT2D eigenvalue weighted by atomic mass is 9.47. The molecule has 5 aliphatic heterocycles. The molecule has 97 heavy (non-hydrogen) atoms. The van der Waals surface area contributed by atoms with Crippen LogP contribution in [0.15, 0.2) is 84.5 Å². The number of phenols is 1. The monoisotopic (exact) mass is 1310 g/mol. The lowest BCUT2D eigenvalue weighted by molar-refractivity contribution is -0.366. The standard InChI is InChI=1S/C79H85N7O11/c1-39-24-49-57(53(88)25-39)63(91)59-54-29-47-46(58(59)62(49)90)13-23-82-70(47)83-35-56(89)77-37-73(16-6-7-17-73)33-51(77)48-30-55(86-61(48)50-32-78(96-54)67(93)64(92)68(94)79(97-78)60(50)52(77)34-74(71(79)95)21-20-72(36-74)14-4-5-15-72)76-18-3-2-8-42(76)31-75(65-66(76)85-38-84-65)19-11-44(87)28-43(75)27-40-9-10-45-41(26-40)12-22-81-69(45)80/h9-10,12-13,22-26,29-30,32,38,42-43,51,56,64,67-69,71,81,86,88-89,92-95H,2-8,11,14-21,27-28,31,33-37,80H2,1H3,(H,82,83)(H,84,85). The Hall–Kier alpha value is -7.29. The lowest BCUT2D eigenvalue weighted by Crippen LogP contribution is -2.79. The molecule has 8 heterocycles. The molecule has 0 amide bonds. The summed E-state index contributed by atoms with van der Waals surface area (Å²) in [4.78, 5) is 63.6. The maximum atomic E-state index is 15.7. The number of aliphatic hydroxyl groups is 5. The highest BCUT2D eigenvalue weighted by Gasteiger charge is 2.77. The largest absolute Gasteiger partial charge is 0.507 e. The first-order chi connectivity index (χ1) is 46.8. The third-order valence-electron chi connectivity index (χ3n) is 28.7. The van der Waals surface area contributed by atoms with Gasteiger partial charge in [-0.25, -0.2) is 9.97 Å². The average molecular weight is 1310 g/mol. The van der Waals surface area contributed by atoms with Gasteiger partial charge >= 0.3 is 0 Å². The fraction of sp³-hybridized carbons (Fsp3) is 0.532. The zero-order valence-corrected chi connectivity index (χ0v) is 54.9. The van der Waals surface area contributed by atoms with E-state index in [1.807, 2.05) is 12.5 Å². The number of pyridine rings is 1. The number of phenolic OH excluding ortho intramolecular Hbond substituents is 1. The van der Waals surface area contributed by atoms with E-state index in [0.29, 0.717) is 90.4 Å². The van der Waals surface area contributed by atoms with Gasteiger partial charge in [-0.2, -0.15) is 0 Å². The molecule has 502 valence electrons. The molecule has 15 atom stereocenters. The number of carbonyl (C=O) groups is 3. The quantitative estimate of drug-likeness (QED) is 0.0784. The number of nitrogens with one attached hydrogen (secondary N) is 4. The van der Waals surface area contributed by atoms with Crippen molar-refractivity contribution in [3.05, 3.63) is 157 Å². The van der Waals surface area contributed by atoms with Crippen LogP contribution in [0.3, 0.4) is 0 Å². The van der Waals surface area contributed by atoms with Crippen LogP contribution in [-0.2, 0) is 26.8 Å². The Morgan fingerprint density at radius 1 is 0.784 bits per heavy atom. The van der Waals surface area contributed by atoms with Crippen LogP contribution in [0.2, 0.25) is 0 Å². The van der Waals surface area contributed by atoms with E-state index in [9.17, 15) is 35.4 Å². The van der Waals surface area contributed by atoms with E-state index >= 15 is 9.59 Å². The number of nitrogens with zero attached hydrogens (tertiary/aromatic N) is 2. The number of H-pyrrole nitrogens is 2. The van der Waals surface area contributed by atoms with Gasteiger partial charge in [0.05, 0.1) is 46.5 Å². The number of hydrogen-bond acceptors (Lipinski definition) is 16. The van der Waals surface area contributed by atoms with Crippen LogP contribution >= 0.6 is 0 Å². The highest BCUT2D eigenvalue weighted by atomic mass is 16.7. The summed E-state index contributed by atoms with van der Waals surface area (Å²) in [7, 11) is 0. The first-order valence-corrected chi connectivity index (χ1v) is 36.3. The van der Waals surface area contributed by atoms with E-state index < -0.39 is 75.1 Å². The number of rotatable bonds is 3. The number of carbonyl (C=O) groups excluding carboxylic acids is 3. The van der Waals surface area contributed by atoms with Crippen molar-refractivity contribution >= 4 is 45.6 Å². The molecule has 3 aromatic heterocycles. The molecule has 8 bridgehead atoms. The second-order valence-electron chi connectivity index (χ2n) is 33.2. The van der Waals surface area contributed by atoms with Crippen LogP contribution < -0.4 is 21.1 Å². The minimum Gasteiger partial charge on any atom is -0.507 e. The molecule has 1 saturated heterocycles. The Kier molecular flexibility index (Phi) is 12.3. The summed E-state index contributed by atoms with van der Waals surface area (Å²) in [6, 6.07) is 15.2. The van der Waals surface area contributed by atoms with Crippen molar-refractivity contribution in [1.82, 2.24) is 25.3 Å². The predicted octanol–water partition coefficient (Wildman–Crippen LogP) is 10.4. The number of aromatic amines is 2. The Bertz CT molecular complexity index is 4610. The van der Waals surface area contributed by atoms with Crippen LogP contribution in [0.5, 0.6) is 11.5 Å². The second-order valence-corrected chi connectivity index (χ2v) is 33.2. The number of aliphatic hydroxyl groups excluding tert-OH is 5. The van der Waals surface area contributed by atoms with Crippen LogP contribution in [0.25, 0.3) is 22.4 Å². The van der Waals surface area contributed by atoms with Crippen LogP contribution in [-0.4, -0.2) is 116 Å². The maximum absolute atomic E-state index is 15.7. The molecular formula is C79H85N7O11. The number of fused-ring (bicyclic) bond motifs is 12. The number of ether oxygens (including phenoxy) is 2. The van der Waals surface area contributed by atoms with Crippen molar-refractivity contribution in [1.29, 1.82) is 0 Å². The van der Waals surface area contributed by atoms with E-state index in [4.69, 9.17) is 25.2 Å². The van der Waals surface area contributed by atoms with Gasteiger partial charge in [0.15, 0.2) is 17.5 Å². The van der Waals surface area contributed by atoms with E-state index in [0.717, 1.165) is 141 Å². The number of aromatic nitrogens is 4. The molecule has 3 aromatic carbocycles. The summed E-state index contributed by atoms with van der Waals surface area (Å²) in [5.74, 6) is -4.13. The lowest BCUT2D eigenvalue weighted by Gasteiger charge is -2.64. The fourth-order valence-corrected chi connectivity index (χ4v) is 24.7. The first-order valence-electron chi connectivity index (χ1n) is 36.3. The number of anilines is 1. The van der Waals surface area contributed by atoms with E-state index in [2.05, 4.69) is 50.9 Å². The third kappa shape index (κ3) is 7.58. The Morgan fingerprint density at radius 2 is 1.60 bits per heavy atom. The minimum absolute atomic E-state index is 0.00963. The molecule has 7 fully saturated rings. The highest BCUT2D eigenvalue weighted by Crippen LogP contribution is 2.77. The minimum atomic E-state index is -2.52. The number of Topliss-reactive ketones (excluding diaryl/α,β-unsaturated/α-hetero) is 1. The van der Waals surface area contributed by atoms with E-state index in [1.54, 1.807) is 37.4 Å². The normalized spacial score (nSPS) is 37.9. The zero-order chi connectivity index (χ0) is 65.9. The summed E-state index contributed by atoms with van der Waals surface area (Å²) in [6.45, 7) is 1.73. The molecule has 6 aromatic rings. The molecule has 18 nitrogen and oxygen atoms in total. The maximum Gasteiger partial charge on any atom is 0.261 e. The van der Waals surface area contributed by atoms with Gasteiger partial charge in [0.1, 0.15) is 41.5 Å². The molecule has 0 radical (unpaired) electrons. The number of benzene rings is 3. The molecule has 7 spiro atoms. The molecule has 18 heteroatoms. The number of aromatic hydroxyl groups is 1. The summed E-state index contributed by atoms with van der Waals surface area (Å²) in [5.41, 5.74) is 10.8. The van der Waals surface area contributed by atoms with Gasteiger partial charge in [-0.3, -0.25) is 14.4 Å². The van der Waals surface area contributed by atoms with E-state index in [-0.39, 0.29) is 80.8 Å². The van der Waals surface area contributed by atoms with Crippen molar-refractivity contribution in [2.75, 3.05) is 11.9 Å². The number of imidazole rings is 1. The number of aryl methyl sites for hydroxylation is 1. The molecule has 10 aliphatic carbocycles. The summed E-state index contributed by atoms with van der Waals surface area (Å²) in [6.07, 6.45) is 18.7. The average Bonchev–Trinajstić information content (AvgIpc) is 1.59. The molecule has 15 unspecified atom stereocenters. The molecule has 15 aliphatic rings. The molecule has 21 rings (SSSR count). The number of hydrogen-bond donors (Lipinski definition) is 11. The van der Waals surface area contributed by atoms with Crippen molar-refractivity contribution in [2.24, 2.45) is 39.2 Å². The Morgan fingerprint density at radius 3 is 2.43 bits per heavy atom. The van der Waals surface area contributed by atoms with E-state index in [1.165, 1.54) is 6.07 Å². The molecule has 12 N–H and O–H groups in total. The zero-order valence-electron chi connectivity index (χ0n) is 54.9. The van der Waals surface area contributed by atoms with Crippen molar-refractivity contribution < 1.29 is 54.5 Å². The SMILES string of the molecule is Cc1cc(O)c2c(c1)C(=O)c1c(c3cc4c(nccc14)NCC(O)C14CC5(CCCC5)CC1c1cc(C56CCCCC5CC5(CCC(=O)CC5Cc5ccc7c(c5)C=CNC7N)c5nc[nH]c56)[nH]c1C1=CC5(O3)OC3(C1=C4CC1(CCC4(CCCC4)C1)C3O)C(O)C(O)C5O)C2=O. The van der Waals surface area contributed by atoms with Gasteiger partial charge in [-0.05, 0) is 219 Å². The van der Waals surface area contributed by atoms with Gasteiger partial charge in [-0.15, -0.1) is 0 Å². The van der Waals surface area contributed by atoms with Gasteiger partial charge in [-0.1, -0.05) is 62.3 Å².